The van der Waals surface area contributed by atoms with Crippen LogP contribution in [0.4, 0.5) is 0 Å². The molecule has 3 nitrogen and oxygen atoms in total. The number of carbonyl (C=O) groups is 1. The summed E-state index contributed by atoms with van der Waals surface area (Å²) < 4.78 is 0. The fraction of sp³-hybridized carbons (Fsp3) is 0.562. The van der Waals surface area contributed by atoms with Crippen molar-refractivity contribution >= 4 is 29.1 Å². The van der Waals surface area contributed by atoms with Crippen molar-refractivity contribution in [2.24, 2.45) is 0 Å². The highest BCUT2D eigenvalue weighted by molar-refractivity contribution is 6.35. The zero-order valence-electron chi connectivity index (χ0n) is 12.6. The highest BCUT2D eigenvalue weighted by atomic mass is 35.5. The average Bonchev–Trinajstić information content (AvgIpc) is 2.45. The van der Waals surface area contributed by atoms with Crippen molar-refractivity contribution in [3.8, 4) is 0 Å². The molecule has 0 heterocycles. The van der Waals surface area contributed by atoms with Gasteiger partial charge in [0.15, 0.2) is 0 Å². The third-order valence-electron chi connectivity index (χ3n) is 3.22. The molecule has 0 spiro atoms. The van der Waals surface area contributed by atoms with E-state index in [0.717, 1.165) is 18.7 Å². The molecule has 0 aliphatic carbocycles. The summed E-state index contributed by atoms with van der Waals surface area (Å²) in [4.78, 5) is 11.7. The molecule has 0 aliphatic rings. The number of carbonyl (C=O) groups excluding carboxylic acids is 1. The van der Waals surface area contributed by atoms with Crippen LogP contribution in [0, 0.1) is 0 Å². The van der Waals surface area contributed by atoms with Crippen LogP contribution in [0.2, 0.25) is 10.0 Å². The van der Waals surface area contributed by atoms with E-state index < -0.39 is 0 Å². The molecule has 1 aromatic carbocycles. The number of hydrogen-bond acceptors (Lipinski definition) is 2. The monoisotopic (exact) mass is 330 g/mol. The van der Waals surface area contributed by atoms with Gasteiger partial charge in [-0.1, -0.05) is 49.0 Å². The quantitative estimate of drug-likeness (QED) is 0.640. The first-order chi connectivity index (χ1) is 10.1. The molecule has 1 rings (SSSR count). The summed E-state index contributed by atoms with van der Waals surface area (Å²) in [5.41, 5.74) is 0.999. The van der Waals surface area contributed by atoms with Gasteiger partial charge < -0.3 is 10.6 Å². The standard InChI is InChI=1S/C16H24Cl2N2O/c1-2-3-4-9-19-10-8-16(21)20-11-7-13-5-6-14(17)12-15(13)18/h5-6,12,19H,2-4,7-11H2,1H3,(H,20,21). The molecule has 5 heteroatoms. The van der Waals surface area contributed by atoms with E-state index in [2.05, 4.69) is 17.6 Å². The highest BCUT2D eigenvalue weighted by Crippen LogP contribution is 2.20. The summed E-state index contributed by atoms with van der Waals surface area (Å²) in [7, 11) is 0. The van der Waals surface area contributed by atoms with E-state index in [4.69, 9.17) is 23.2 Å². The molecule has 0 radical (unpaired) electrons. The largest absolute Gasteiger partial charge is 0.356 e. The summed E-state index contributed by atoms with van der Waals surface area (Å²) in [6.45, 7) is 4.50. The molecule has 0 saturated carbocycles. The Hall–Kier alpha value is -0.770. The van der Waals surface area contributed by atoms with Crippen LogP contribution < -0.4 is 10.6 Å². The minimum atomic E-state index is 0.0723. The second-order valence-corrected chi connectivity index (χ2v) is 5.89. The second-order valence-electron chi connectivity index (χ2n) is 5.04. The molecule has 0 aliphatic heterocycles. The second kappa shape index (κ2) is 10.9. The third-order valence-corrected chi connectivity index (χ3v) is 3.80. The summed E-state index contributed by atoms with van der Waals surface area (Å²) in [5.74, 6) is 0.0723. The molecule has 21 heavy (non-hydrogen) atoms. The Kier molecular flexibility index (Phi) is 9.48. The van der Waals surface area contributed by atoms with Gasteiger partial charge in [0.25, 0.3) is 0 Å². The van der Waals surface area contributed by atoms with Gasteiger partial charge in [0.05, 0.1) is 0 Å². The van der Waals surface area contributed by atoms with Crippen LogP contribution in [0.25, 0.3) is 0 Å². The number of unbranched alkanes of at least 4 members (excludes halogenated alkanes) is 2. The summed E-state index contributed by atoms with van der Waals surface area (Å²) in [5, 5.41) is 7.46. The molecule has 1 amide bonds. The van der Waals surface area contributed by atoms with Crippen LogP contribution >= 0.6 is 23.2 Å². The Morgan fingerprint density at radius 1 is 1.14 bits per heavy atom. The van der Waals surface area contributed by atoms with Crippen molar-refractivity contribution < 1.29 is 4.79 Å². The average molecular weight is 331 g/mol. The normalized spacial score (nSPS) is 10.6. The Labute approximate surface area is 137 Å². The van der Waals surface area contributed by atoms with Crippen molar-refractivity contribution in [3.63, 3.8) is 0 Å². The zero-order valence-corrected chi connectivity index (χ0v) is 14.1. The number of nitrogens with one attached hydrogen (secondary N) is 2. The van der Waals surface area contributed by atoms with Crippen LogP contribution in [0.3, 0.4) is 0 Å². The van der Waals surface area contributed by atoms with Gasteiger partial charge in [-0.15, -0.1) is 0 Å². The Morgan fingerprint density at radius 2 is 1.95 bits per heavy atom. The van der Waals surface area contributed by atoms with Gasteiger partial charge in [0.2, 0.25) is 5.91 Å². The SMILES string of the molecule is CCCCCNCCC(=O)NCCc1ccc(Cl)cc1Cl. The number of rotatable bonds is 10. The van der Waals surface area contributed by atoms with E-state index in [-0.39, 0.29) is 5.91 Å². The lowest BCUT2D eigenvalue weighted by atomic mass is 10.1. The molecular formula is C16H24Cl2N2O. The lowest BCUT2D eigenvalue weighted by molar-refractivity contribution is -0.120. The topological polar surface area (TPSA) is 41.1 Å². The molecule has 0 unspecified atom stereocenters. The molecule has 1 aromatic rings. The maximum absolute atomic E-state index is 11.7. The lowest BCUT2D eigenvalue weighted by Crippen LogP contribution is -2.29. The fourth-order valence-electron chi connectivity index (χ4n) is 1.98. The first-order valence-corrected chi connectivity index (χ1v) is 8.30. The van der Waals surface area contributed by atoms with Gasteiger partial charge in [-0.3, -0.25) is 4.79 Å². The smallest absolute Gasteiger partial charge is 0.221 e. The van der Waals surface area contributed by atoms with Gasteiger partial charge in [-0.2, -0.15) is 0 Å². The minimum Gasteiger partial charge on any atom is -0.356 e. The maximum Gasteiger partial charge on any atom is 0.221 e. The summed E-state index contributed by atoms with van der Waals surface area (Å²) >= 11 is 11.9. The van der Waals surface area contributed by atoms with Crippen molar-refractivity contribution in [2.45, 2.75) is 39.0 Å². The minimum absolute atomic E-state index is 0.0723. The van der Waals surface area contributed by atoms with Crippen molar-refractivity contribution in [2.75, 3.05) is 19.6 Å². The molecule has 118 valence electrons. The van der Waals surface area contributed by atoms with Crippen LogP contribution in [0.1, 0.15) is 38.2 Å². The van der Waals surface area contributed by atoms with Crippen LogP contribution in [-0.2, 0) is 11.2 Å². The number of hydrogen-bond donors (Lipinski definition) is 2. The number of amides is 1. The summed E-state index contributed by atoms with van der Waals surface area (Å²) in [6.07, 6.45) is 4.86. The molecule has 0 atom stereocenters. The number of halogens is 2. The van der Waals surface area contributed by atoms with E-state index in [1.165, 1.54) is 19.3 Å². The van der Waals surface area contributed by atoms with Gasteiger partial charge in [0, 0.05) is 29.6 Å². The Morgan fingerprint density at radius 3 is 2.67 bits per heavy atom. The van der Waals surface area contributed by atoms with E-state index in [9.17, 15) is 4.79 Å². The van der Waals surface area contributed by atoms with Crippen molar-refractivity contribution in [1.29, 1.82) is 0 Å². The van der Waals surface area contributed by atoms with Gasteiger partial charge in [0.1, 0.15) is 0 Å². The molecule has 0 aromatic heterocycles. The van der Waals surface area contributed by atoms with Crippen molar-refractivity contribution in [1.82, 2.24) is 10.6 Å². The predicted octanol–water partition coefficient (Wildman–Crippen LogP) is 3.82. The van der Waals surface area contributed by atoms with Crippen molar-refractivity contribution in [3.05, 3.63) is 33.8 Å². The van der Waals surface area contributed by atoms with E-state index in [0.29, 0.717) is 29.4 Å². The molecule has 0 saturated heterocycles. The Bertz CT molecular complexity index is 438. The first-order valence-electron chi connectivity index (χ1n) is 7.54. The van der Waals surface area contributed by atoms with Crippen LogP contribution in [-0.4, -0.2) is 25.5 Å². The molecule has 0 fully saturated rings. The zero-order chi connectivity index (χ0) is 15.5. The van der Waals surface area contributed by atoms with E-state index in [1.54, 1.807) is 6.07 Å². The van der Waals surface area contributed by atoms with E-state index in [1.807, 2.05) is 12.1 Å². The molecular weight excluding hydrogens is 307 g/mol. The van der Waals surface area contributed by atoms with Gasteiger partial charge in [-0.05, 0) is 37.1 Å². The summed E-state index contributed by atoms with van der Waals surface area (Å²) in [6, 6.07) is 5.43. The fourth-order valence-corrected chi connectivity index (χ4v) is 2.48. The molecule has 0 bridgehead atoms. The van der Waals surface area contributed by atoms with Crippen LogP contribution in [0.15, 0.2) is 18.2 Å². The van der Waals surface area contributed by atoms with Gasteiger partial charge >= 0.3 is 0 Å². The highest BCUT2D eigenvalue weighted by Gasteiger charge is 2.03. The van der Waals surface area contributed by atoms with Gasteiger partial charge in [-0.25, -0.2) is 0 Å². The van der Waals surface area contributed by atoms with E-state index >= 15 is 0 Å². The third kappa shape index (κ3) is 8.30. The Balaban J connectivity index is 2.10. The predicted molar refractivity (Wildman–Crippen MR) is 90.2 cm³/mol. The molecule has 2 N–H and O–H groups in total. The van der Waals surface area contributed by atoms with Crippen LogP contribution in [0.5, 0.6) is 0 Å². The first kappa shape index (κ1) is 18.3. The maximum atomic E-state index is 11.7. The lowest BCUT2D eigenvalue weighted by Gasteiger charge is -2.08. The number of benzene rings is 1.